The van der Waals surface area contributed by atoms with Gasteiger partial charge in [-0.1, -0.05) is 103 Å². The fourth-order valence-corrected chi connectivity index (χ4v) is 7.85. The highest BCUT2D eigenvalue weighted by Crippen LogP contribution is 2.42. The summed E-state index contributed by atoms with van der Waals surface area (Å²) in [4.78, 5) is 9.41. The van der Waals surface area contributed by atoms with Crippen molar-refractivity contribution in [1.29, 1.82) is 0 Å². The third-order valence-corrected chi connectivity index (χ3v) is 10.2. The van der Waals surface area contributed by atoms with Gasteiger partial charge in [-0.2, -0.15) is 0 Å². The lowest BCUT2D eigenvalue weighted by Gasteiger charge is -2.12. The van der Waals surface area contributed by atoms with E-state index in [4.69, 9.17) is 9.97 Å². The van der Waals surface area contributed by atoms with Gasteiger partial charge in [0.15, 0.2) is 0 Å². The third-order valence-electron chi connectivity index (χ3n) is 10.2. The van der Waals surface area contributed by atoms with Crippen LogP contribution in [0.25, 0.3) is 83.4 Å². The molecule has 3 heterocycles. The molecule has 3 nitrogen and oxygen atoms in total. The highest BCUT2D eigenvalue weighted by Gasteiger charge is 2.21. The molecule has 1 aliphatic carbocycles. The number of benzene rings is 6. The molecular weight excluding hydrogens is 607 g/mol. The van der Waals surface area contributed by atoms with Gasteiger partial charge in [0, 0.05) is 40.0 Å². The number of nitrogens with zero attached hydrogens (tertiary/aromatic N) is 3. The van der Waals surface area contributed by atoms with E-state index in [-0.39, 0.29) is 0 Å². The zero-order valence-electron chi connectivity index (χ0n) is 27.3. The van der Waals surface area contributed by atoms with Crippen LogP contribution in [0.15, 0.2) is 176 Å². The van der Waals surface area contributed by atoms with E-state index in [1.807, 2.05) is 24.5 Å². The van der Waals surface area contributed by atoms with Crippen LogP contribution < -0.4 is 0 Å². The predicted octanol–water partition coefficient (Wildman–Crippen LogP) is 11.8. The SMILES string of the molecule is c1ccc(-c2ccccc2-c2ccc3c(c2)c2cc(-c4ccccc4-c4ccccn4)ccc2n3-c2ccc3c(c2)-c2ccccc2C3)nc1. The van der Waals surface area contributed by atoms with Crippen LogP contribution in [0.3, 0.4) is 0 Å². The minimum atomic E-state index is 0.970. The molecular formula is C47H31N3. The van der Waals surface area contributed by atoms with E-state index in [0.29, 0.717) is 0 Å². The molecule has 0 saturated carbocycles. The summed E-state index contributed by atoms with van der Waals surface area (Å²) in [6.07, 6.45) is 4.71. The van der Waals surface area contributed by atoms with Crippen LogP contribution in [0.5, 0.6) is 0 Å². The largest absolute Gasteiger partial charge is 0.309 e. The second-order valence-corrected chi connectivity index (χ2v) is 13.0. The zero-order valence-corrected chi connectivity index (χ0v) is 27.3. The van der Waals surface area contributed by atoms with Crippen LogP contribution in [0.1, 0.15) is 11.1 Å². The van der Waals surface area contributed by atoms with Crippen LogP contribution >= 0.6 is 0 Å². The van der Waals surface area contributed by atoms with Crippen molar-refractivity contribution in [3.63, 3.8) is 0 Å². The quantitative estimate of drug-likeness (QED) is 0.188. The number of aromatic nitrogens is 3. The van der Waals surface area contributed by atoms with Gasteiger partial charge < -0.3 is 4.57 Å². The Hall–Kier alpha value is -6.58. The number of hydrogen-bond acceptors (Lipinski definition) is 2. The molecule has 0 atom stereocenters. The molecule has 234 valence electrons. The first-order chi connectivity index (χ1) is 24.8. The van der Waals surface area contributed by atoms with Gasteiger partial charge >= 0.3 is 0 Å². The van der Waals surface area contributed by atoms with E-state index in [1.54, 1.807) is 0 Å². The summed E-state index contributed by atoms with van der Waals surface area (Å²) in [6, 6.07) is 59.0. The standard InChI is InChI=1S/C47H31N3/c1-2-14-38-31(11-1)27-32-19-22-35(30-41(32)38)50-46-23-20-33(36-12-3-5-15-39(36)44-17-7-9-25-48-44)28-42(46)43-29-34(21-24-47(43)50)37-13-4-6-16-40(37)45-18-8-10-26-49-45/h1-26,28-30H,27H2. The number of fused-ring (bicyclic) bond motifs is 6. The molecule has 0 amide bonds. The van der Waals surface area contributed by atoms with Crippen molar-refractivity contribution in [1.82, 2.24) is 14.5 Å². The van der Waals surface area contributed by atoms with Crippen LogP contribution in [-0.4, -0.2) is 14.5 Å². The Morgan fingerprint density at radius 3 is 1.44 bits per heavy atom. The van der Waals surface area contributed by atoms with Gasteiger partial charge in [0.1, 0.15) is 0 Å². The van der Waals surface area contributed by atoms with Gasteiger partial charge in [0.2, 0.25) is 0 Å². The highest BCUT2D eigenvalue weighted by molar-refractivity contribution is 6.12. The zero-order chi connectivity index (χ0) is 33.0. The Balaban J connectivity index is 1.22. The molecule has 0 bridgehead atoms. The summed E-state index contributed by atoms with van der Waals surface area (Å²) < 4.78 is 2.44. The molecule has 0 radical (unpaired) electrons. The van der Waals surface area contributed by atoms with Crippen molar-refractivity contribution >= 4 is 21.8 Å². The topological polar surface area (TPSA) is 30.7 Å². The minimum absolute atomic E-state index is 0.970. The summed E-state index contributed by atoms with van der Waals surface area (Å²) in [6.45, 7) is 0. The number of hydrogen-bond donors (Lipinski definition) is 0. The number of pyridine rings is 2. The molecule has 0 spiro atoms. The smallest absolute Gasteiger partial charge is 0.0708 e. The maximum Gasteiger partial charge on any atom is 0.0708 e. The Labute approximate surface area is 290 Å². The Kier molecular flexibility index (Phi) is 6.56. The third kappa shape index (κ3) is 4.59. The van der Waals surface area contributed by atoms with Crippen LogP contribution in [0, 0.1) is 0 Å². The molecule has 0 N–H and O–H groups in total. The summed E-state index contributed by atoms with van der Waals surface area (Å²) in [5.41, 5.74) is 17.8. The monoisotopic (exact) mass is 637 g/mol. The minimum Gasteiger partial charge on any atom is -0.309 e. The fraction of sp³-hybridized carbons (Fsp3) is 0.0213. The Bertz CT molecular complexity index is 2580. The van der Waals surface area contributed by atoms with E-state index in [1.165, 1.54) is 72.0 Å². The molecule has 0 aliphatic heterocycles. The second-order valence-electron chi connectivity index (χ2n) is 13.0. The first kappa shape index (κ1) is 28.4. The van der Waals surface area contributed by atoms with Crippen LogP contribution in [-0.2, 0) is 6.42 Å². The molecule has 10 rings (SSSR count). The maximum atomic E-state index is 4.70. The lowest BCUT2D eigenvalue weighted by Crippen LogP contribution is -1.95. The van der Waals surface area contributed by atoms with Crippen molar-refractivity contribution in [2.45, 2.75) is 6.42 Å². The van der Waals surface area contributed by atoms with Gasteiger partial charge in [-0.15, -0.1) is 0 Å². The molecule has 9 aromatic rings. The summed E-state index contributed by atoms with van der Waals surface area (Å²) >= 11 is 0. The lowest BCUT2D eigenvalue weighted by molar-refractivity contribution is 1.17. The number of rotatable bonds is 5. The van der Waals surface area contributed by atoms with E-state index in [0.717, 1.165) is 28.9 Å². The Morgan fingerprint density at radius 1 is 0.380 bits per heavy atom. The Morgan fingerprint density at radius 2 is 0.880 bits per heavy atom. The normalized spacial score (nSPS) is 11.9. The summed E-state index contributed by atoms with van der Waals surface area (Å²) in [5.74, 6) is 0. The summed E-state index contributed by atoms with van der Waals surface area (Å²) in [5, 5.41) is 2.43. The van der Waals surface area contributed by atoms with E-state index < -0.39 is 0 Å². The van der Waals surface area contributed by atoms with Crippen molar-refractivity contribution in [2.24, 2.45) is 0 Å². The van der Waals surface area contributed by atoms with Crippen molar-refractivity contribution in [3.8, 4) is 61.6 Å². The van der Waals surface area contributed by atoms with E-state index in [2.05, 4.69) is 156 Å². The van der Waals surface area contributed by atoms with Gasteiger partial charge in [-0.25, -0.2) is 0 Å². The predicted molar refractivity (Wildman–Crippen MR) is 206 cm³/mol. The first-order valence-electron chi connectivity index (χ1n) is 17.1. The van der Waals surface area contributed by atoms with Crippen LogP contribution in [0.2, 0.25) is 0 Å². The van der Waals surface area contributed by atoms with E-state index >= 15 is 0 Å². The van der Waals surface area contributed by atoms with Gasteiger partial charge in [0.25, 0.3) is 0 Å². The molecule has 0 saturated heterocycles. The molecule has 0 unspecified atom stereocenters. The first-order valence-corrected chi connectivity index (χ1v) is 17.1. The fourth-order valence-electron chi connectivity index (χ4n) is 7.85. The maximum absolute atomic E-state index is 4.70. The second kappa shape index (κ2) is 11.5. The lowest BCUT2D eigenvalue weighted by atomic mass is 9.94. The van der Waals surface area contributed by atoms with Crippen molar-refractivity contribution in [3.05, 3.63) is 187 Å². The van der Waals surface area contributed by atoms with Gasteiger partial charge in [0.05, 0.1) is 22.4 Å². The summed E-state index contributed by atoms with van der Waals surface area (Å²) in [7, 11) is 0. The van der Waals surface area contributed by atoms with E-state index in [9.17, 15) is 0 Å². The van der Waals surface area contributed by atoms with Gasteiger partial charge in [-0.05, 0) is 112 Å². The molecule has 1 aliphatic rings. The molecule has 0 fully saturated rings. The van der Waals surface area contributed by atoms with Crippen LogP contribution in [0.4, 0.5) is 0 Å². The van der Waals surface area contributed by atoms with Crippen molar-refractivity contribution in [2.75, 3.05) is 0 Å². The average molecular weight is 638 g/mol. The molecule has 3 aromatic heterocycles. The average Bonchev–Trinajstić information content (AvgIpc) is 3.73. The molecule has 6 aromatic carbocycles. The van der Waals surface area contributed by atoms with Gasteiger partial charge in [-0.3, -0.25) is 9.97 Å². The van der Waals surface area contributed by atoms with Crippen molar-refractivity contribution < 1.29 is 0 Å². The molecule has 50 heavy (non-hydrogen) atoms. The molecule has 3 heteroatoms. The highest BCUT2D eigenvalue weighted by atomic mass is 15.0.